The first-order chi connectivity index (χ1) is 12.7. The summed E-state index contributed by atoms with van der Waals surface area (Å²) < 4.78 is 5.44. The lowest BCUT2D eigenvalue weighted by Crippen LogP contribution is -2.34. The van der Waals surface area contributed by atoms with Crippen LogP contribution in [-0.2, 0) is 0 Å². The largest absolute Gasteiger partial charge is 0.490 e. The molecule has 0 aromatic heterocycles. The zero-order chi connectivity index (χ0) is 20.1. The number of rotatable bonds is 5. The van der Waals surface area contributed by atoms with Crippen LogP contribution in [0.1, 0.15) is 20.7 Å². The lowest BCUT2D eigenvalue weighted by molar-refractivity contribution is -0.385. The number of hydrogen-bond acceptors (Lipinski definition) is 6. The molecule has 0 atom stereocenters. The van der Waals surface area contributed by atoms with Crippen molar-refractivity contribution in [1.29, 1.82) is 0 Å². The molecule has 3 N–H and O–H groups in total. The van der Waals surface area contributed by atoms with Crippen LogP contribution >= 0.6 is 28.1 Å². The van der Waals surface area contributed by atoms with Gasteiger partial charge in [0.2, 0.25) is 0 Å². The fourth-order valence-electron chi connectivity index (χ4n) is 2.11. The van der Waals surface area contributed by atoms with Crippen molar-refractivity contribution in [2.24, 2.45) is 0 Å². The van der Waals surface area contributed by atoms with E-state index in [1.165, 1.54) is 31.4 Å². The van der Waals surface area contributed by atoms with Crippen molar-refractivity contribution in [3.63, 3.8) is 0 Å². The summed E-state index contributed by atoms with van der Waals surface area (Å²) in [6, 6.07) is 8.14. The molecule has 0 spiro atoms. The Bertz CT molecular complexity index is 950. The zero-order valence-corrected chi connectivity index (χ0v) is 16.1. The number of amides is 1. The van der Waals surface area contributed by atoms with E-state index in [0.29, 0.717) is 4.47 Å². The zero-order valence-electron chi connectivity index (χ0n) is 13.7. The van der Waals surface area contributed by atoms with E-state index in [2.05, 4.69) is 26.6 Å². The molecule has 0 heterocycles. The first-order valence-corrected chi connectivity index (χ1v) is 8.40. The third-order valence-electron chi connectivity index (χ3n) is 3.33. The number of ether oxygens (including phenoxy) is 1. The van der Waals surface area contributed by atoms with Gasteiger partial charge in [-0.1, -0.05) is 15.9 Å². The molecular weight excluding hydrogens is 442 g/mol. The van der Waals surface area contributed by atoms with Gasteiger partial charge < -0.3 is 15.2 Å². The molecule has 9 nitrogen and oxygen atoms in total. The third kappa shape index (κ3) is 4.99. The van der Waals surface area contributed by atoms with Gasteiger partial charge in [0.05, 0.1) is 23.3 Å². The highest BCUT2D eigenvalue weighted by molar-refractivity contribution is 9.10. The van der Waals surface area contributed by atoms with E-state index in [9.17, 15) is 24.8 Å². The summed E-state index contributed by atoms with van der Waals surface area (Å²) in [5.41, 5.74) is -0.260. The van der Waals surface area contributed by atoms with Gasteiger partial charge in [0.1, 0.15) is 0 Å². The fraction of sp³-hybridized carbons (Fsp3) is 0.0625. The van der Waals surface area contributed by atoms with Gasteiger partial charge in [-0.15, -0.1) is 0 Å². The highest BCUT2D eigenvalue weighted by Gasteiger charge is 2.19. The number of hydrogen-bond donors (Lipinski definition) is 3. The van der Waals surface area contributed by atoms with Crippen LogP contribution in [0, 0.1) is 10.1 Å². The number of nitrogens with one attached hydrogen (secondary N) is 2. The monoisotopic (exact) mass is 453 g/mol. The number of methoxy groups -OCH3 is 1. The van der Waals surface area contributed by atoms with E-state index in [0.717, 1.165) is 6.07 Å². The predicted molar refractivity (Wildman–Crippen MR) is 104 cm³/mol. The van der Waals surface area contributed by atoms with Crippen molar-refractivity contribution in [3.05, 3.63) is 62.1 Å². The van der Waals surface area contributed by atoms with Crippen molar-refractivity contribution < 1.29 is 24.4 Å². The van der Waals surface area contributed by atoms with Crippen LogP contribution in [0.4, 0.5) is 11.4 Å². The van der Waals surface area contributed by atoms with E-state index >= 15 is 0 Å². The number of halogens is 1. The van der Waals surface area contributed by atoms with Crippen molar-refractivity contribution in [2.75, 3.05) is 12.4 Å². The van der Waals surface area contributed by atoms with Crippen LogP contribution < -0.4 is 15.4 Å². The van der Waals surface area contributed by atoms with E-state index in [1.807, 2.05) is 0 Å². The van der Waals surface area contributed by atoms with Gasteiger partial charge in [0.15, 0.2) is 10.9 Å². The normalized spacial score (nSPS) is 10.0. The molecule has 0 fully saturated rings. The van der Waals surface area contributed by atoms with Crippen molar-refractivity contribution in [2.45, 2.75) is 0 Å². The van der Waals surface area contributed by atoms with Gasteiger partial charge in [-0.2, -0.15) is 0 Å². The van der Waals surface area contributed by atoms with Crippen LogP contribution in [0.25, 0.3) is 0 Å². The fourth-order valence-corrected chi connectivity index (χ4v) is 2.67. The van der Waals surface area contributed by atoms with Gasteiger partial charge in [-0.25, -0.2) is 4.79 Å². The molecule has 0 saturated heterocycles. The van der Waals surface area contributed by atoms with Gasteiger partial charge in [-0.3, -0.25) is 20.2 Å². The smallest absolute Gasteiger partial charge is 0.337 e. The van der Waals surface area contributed by atoms with Crippen LogP contribution in [0.5, 0.6) is 5.75 Å². The summed E-state index contributed by atoms with van der Waals surface area (Å²) in [6.07, 6.45) is 0. The highest BCUT2D eigenvalue weighted by atomic mass is 79.9. The summed E-state index contributed by atoms with van der Waals surface area (Å²) in [5, 5.41) is 25.1. The minimum absolute atomic E-state index is 0.0122. The van der Waals surface area contributed by atoms with E-state index < -0.39 is 16.8 Å². The molecule has 0 aliphatic heterocycles. The van der Waals surface area contributed by atoms with Crippen LogP contribution in [0.2, 0.25) is 0 Å². The molecule has 27 heavy (non-hydrogen) atoms. The number of nitrogens with zero attached hydrogens (tertiary/aromatic N) is 1. The van der Waals surface area contributed by atoms with E-state index in [1.54, 1.807) is 6.07 Å². The van der Waals surface area contributed by atoms with Gasteiger partial charge in [0, 0.05) is 16.1 Å². The Kier molecular flexibility index (Phi) is 6.42. The van der Waals surface area contributed by atoms with E-state index in [-0.39, 0.29) is 33.4 Å². The topological polar surface area (TPSA) is 131 Å². The average Bonchev–Trinajstić information content (AvgIpc) is 2.62. The highest BCUT2D eigenvalue weighted by Crippen LogP contribution is 2.27. The molecule has 0 saturated carbocycles. The second-order valence-corrected chi connectivity index (χ2v) is 6.37. The maximum absolute atomic E-state index is 12.3. The van der Waals surface area contributed by atoms with Gasteiger partial charge in [-0.05, 0) is 42.5 Å². The quantitative estimate of drug-likeness (QED) is 0.357. The Morgan fingerprint density at radius 2 is 1.96 bits per heavy atom. The van der Waals surface area contributed by atoms with Crippen molar-refractivity contribution >= 4 is 56.5 Å². The van der Waals surface area contributed by atoms with Crippen molar-refractivity contribution in [3.8, 4) is 5.75 Å². The number of carboxylic acids is 1. The number of anilines is 1. The van der Waals surface area contributed by atoms with Gasteiger partial charge >= 0.3 is 11.7 Å². The molecule has 0 unspecified atom stereocenters. The molecule has 0 bridgehead atoms. The summed E-state index contributed by atoms with van der Waals surface area (Å²) in [5.74, 6) is -1.87. The summed E-state index contributed by atoms with van der Waals surface area (Å²) in [4.78, 5) is 33.9. The van der Waals surface area contributed by atoms with Gasteiger partial charge in [0.25, 0.3) is 5.91 Å². The molecule has 2 rings (SSSR count). The predicted octanol–water partition coefficient (Wildman–Crippen LogP) is 3.19. The first-order valence-electron chi connectivity index (χ1n) is 7.20. The number of nitro groups is 1. The first kappa shape index (κ1) is 20.3. The summed E-state index contributed by atoms with van der Waals surface area (Å²) in [6.45, 7) is 0. The molecule has 0 aliphatic carbocycles. The number of benzene rings is 2. The van der Waals surface area contributed by atoms with Crippen LogP contribution in [0.15, 0.2) is 40.9 Å². The van der Waals surface area contributed by atoms with Crippen LogP contribution in [-0.4, -0.2) is 34.1 Å². The lowest BCUT2D eigenvalue weighted by Gasteiger charge is -2.12. The second-order valence-electron chi connectivity index (χ2n) is 5.05. The Balaban J connectivity index is 2.17. The summed E-state index contributed by atoms with van der Waals surface area (Å²) in [7, 11) is 1.28. The Hall–Kier alpha value is -3.05. The molecule has 1 amide bonds. The lowest BCUT2D eigenvalue weighted by atomic mass is 10.1. The number of nitro benzene ring substituents is 1. The molecule has 140 valence electrons. The Morgan fingerprint density at radius 3 is 2.56 bits per heavy atom. The molecular formula is C16H12BrN3O6S. The van der Waals surface area contributed by atoms with Crippen molar-refractivity contribution in [1.82, 2.24) is 5.32 Å². The number of carbonyl (C=O) groups is 2. The third-order valence-corrected chi connectivity index (χ3v) is 4.02. The SMILES string of the molecule is COc1ccc(C(=O)NC(=S)Nc2ccc(Br)cc2C(=O)O)cc1[N+](=O)[O-]. The molecule has 0 radical (unpaired) electrons. The molecule has 0 aliphatic rings. The Morgan fingerprint density at radius 1 is 1.26 bits per heavy atom. The number of thiocarbonyl (C=S) groups is 1. The molecule has 11 heteroatoms. The van der Waals surface area contributed by atoms with Crippen LogP contribution in [0.3, 0.4) is 0 Å². The standard InChI is InChI=1S/C16H12BrN3O6S/c1-26-13-5-2-8(6-12(13)20(24)25)14(21)19-16(27)18-11-4-3-9(17)7-10(11)15(22)23/h2-7H,1H3,(H,22,23)(H2,18,19,21,27). The number of carbonyl (C=O) groups excluding carboxylic acids is 1. The minimum atomic E-state index is -1.18. The average molecular weight is 454 g/mol. The summed E-state index contributed by atoms with van der Waals surface area (Å²) >= 11 is 8.19. The second kappa shape index (κ2) is 8.56. The maximum atomic E-state index is 12.3. The van der Waals surface area contributed by atoms with E-state index in [4.69, 9.17) is 17.0 Å². The number of aromatic carboxylic acids is 1. The number of carboxylic acid groups (broad SMARTS) is 1. The Labute approximate surface area is 166 Å². The molecule has 2 aromatic carbocycles. The molecule has 2 aromatic rings. The minimum Gasteiger partial charge on any atom is -0.490 e. The maximum Gasteiger partial charge on any atom is 0.337 e.